The van der Waals surface area contributed by atoms with Gasteiger partial charge in [0.1, 0.15) is 4.75 Å². The van der Waals surface area contributed by atoms with Crippen LogP contribution in [0.2, 0.25) is 0 Å². The predicted molar refractivity (Wildman–Crippen MR) is 94.8 cm³/mol. The molecular formula is C18H24N2O2S. The summed E-state index contributed by atoms with van der Waals surface area (Å²) in [6.45, 7) is 5.97. The number of nitrogens with zero attached hydrogens (tertiary/aromatic N) is 1. The SMILES string of the molecule is COc1ncc([C@H](N[S@+]([O-])C(C)(C)C)C2CC2)c2ccccc12. The van der Waals surface area contributed by atoms with E-state index in [0.717, 1.165) is 16.3 Å². The highest BCUT2D eigenvalue weighted by molar-refractivity contribution is 7.90. The van der Waals surface area contributed by atoms with Gasteiger partial charge in [0.05, 0.1) is 13.2 Å². The van der Waals surface area contributed by atoms with Crippen LogP contribution in [0, 0.1) is 5.92 Å². The Bertz CT molecular complexity index is 695. The van der Waals surface area contributed by atoms with Gasteiger partial charge in [0, 0.05) is 28.5 Å². The molecule has 0 bridgehead atoms. The summed E-state index contributed by atoms with van der Waals surface area (Å²) in [5, 5.41) is 2.12. The molecule has 3 rings (SSSR count). The van der Waals surface area contributed by atoms with Gasteiger partial charge in [-0.05, 0) is 51.0 Å². The van der Waals surface area contributed by atoms with Gasteiger partial charge in [-0.15, -0.1) is 4.72 Å². The molecule has 2 atom stereocenters. The third kappa shape index (κ3) is 3.47. The molecule has 23 heavy (non-hydrogen) atoms. The first-order valence-electron chi connectivity index (χ1n) is 8.01. The number of fused-ring (bicyclic) bond motifs is 1. The standard InChI is InChI=1S/C18H24N2O2S/c1-18(2,3)23(21)20-16(12-9-10-12)15-11-19-17(22-4)14-8-6-5-7-13(14)15/h5-8,11-12,16,20H,9-10H2,1-4H3/t16-,23-/m1/s1. The summed E-state index contributed by atoms with van der Waals surface area (Å²) in [4.78, 5) is 4.46. The fourth-order valence-corrected chi connectivity index (χ4v) is 3.64. The molecule has 2 aromatic rings. The average Bonchev–Trinajstić information content (AvgIpc) is 3.35. The summed E-state index contributed by atoms with van der Waals surface area (Å²) in [6.07, 6.45) is 4.20. The van der Waals surface area contributed by atoms with E-state index in [-0.39, 0.29) is 10.8 Å². The van der Waals surface area contributed by atoms with Crippen LogP contribution < -0.4 is 9.46 Å². The molecule has 1 aliphatic carbocycles. The van der Waals surface area contributed by atoms with Crippen molar-refractivity contribution >= 4 is 22.1 Å². The van der Waals surface area contributed by atoms with Crippen LogP contribution in [0.15, 0.2) is 30.5 Å². The fourth-order valence-electron chi connectivity index (χ4n) is 2.73. The van der Waals surface area contributed by atoms with Crippen LogP contribution in [0.25, 0.3) is 10.8 Å². The summed E-state index contributed by atoms with van der Waals surface area (Å²) >= 11 is -1.11. The molecule has 1 aliphatic rings. The lowest BCUT2D eigenvalue weighted by atomic mass is 9.99. The van der Waals surface area contributed by atoms with E-state index in [0.29, 0.717) is 11.8 Å². The highest BCUT2D eigenvalue weighted by Gasteiger charge is 2.39. The number of pyridine rings is 1. The van der Waals surface area contributed by atoms with Crippen LogP contribution in [0.5, 0.6) is 5.88 Å². The van der Waals surface area contributed by atoms with E-state index in [9.17, 15) is 4.55 Å². The number of methoxy groups -OCH3 is 1. The zero-order valence-corrected chi connectivity index (χ0v) is 14.9. The van der Waals surface area contributed by atoms with Crippen molar-refractivity contribution in [2.24, 2.45) is 5.92 Å². The number of rotatable bonds is 5. The monoisotopic (exact) mass is 332 g/mol. The van der Waals surface area contributed by atoms with Gasteiger partial charge in [0.15, 0.2) is 0 Å². The first-order valence-corrected chi connectivity index (χ1v) is 9.16. The Morgan fingerprint density at radius 3 is 2.48 bits per heavy atom. The maximum absolute atomic E-state index is 12.6. The Morgan fingerprint density at radius 1 is 1.26 bits per heavy atom. The normalized spacial score (nSPS) is 18.0. The Balaban J connectivity index is 2.02. The van der Waals surface area contributed by atoms with Crippen molar-refractivity contribution in [2.45, 2.75) is 44.4 Å². The minimum atomic E-state index is -1.11. The number of hydrogen-bond acceptors (Lipinski definition) is 4. The second-order valence-electron chi connectivity index (χ2n) is 7.08. The fraction of sp³-hybridized carbons (Fsp3) is 0.500. The molecule has 0 aliphatic heterocycles. The van der Waals surface area contributed by atoms with Crippen LogP contribution >= 0.6 is 0 Å². The lowest BCUT2D eigenvalue weighted by molar-refractivity contribution is 0.402. The minimum absolute atomic E-state index is 0.0679. The first kappa shape index (κ1) is 16.6. The maximum atomic E-state index is 12.6. The Labute approximate surface area is 141 Å². The molecular weight excluding hydrogens is 308 g/mol. The molecule has 0 amide bonds. The van der Waals surface area contributed by atoms with Gasteiger partial charge in [-0.25, -0.2) is 4.98 Å². The van der Waals surface area contributed by atoms with Gasteiger partial charge in [0.25, 0.3) is 0 Å². The maximum Gasteiger partial charge on any atom is 0.221 e. The van der Waals surface area contributed by atoms with E-state index in [1.807, 2.05) is 45.2 Å². The van der Waals surface area contributed by atoms with Crippen molar-refractivity contribution in [3.05, 3.63) is 36.0 Å². The zero-order chi connectivity index (χ0) is 16.6. The van der Waals surface area contributed by atoms with E-state index in [2.05, 4.69) is 15.8 Å². The predicted octanol–water partition coefficient (Wildman–Crippen LogP) is 3.75. The molecule has 1 heterocycles. The topological polar surface area (TPSA) is 57.2 Å². The molecule has 1 fully saturated rings. The molecule has 4 nitrogen and oxygen atoms in total. The Morgan fingerprint density at radius 2 is 1.91 bits per heavy atom. The van der Waals surface area contributed by atoms with Crippen LogP contribution in [0.3, 0.4) is 0 Å². The highest BCUT2D eigenvalue weighted by atomic mass is 32.2. The van der Waals surface area contributed by atoms with Crippen LogP contribution in [-0.4, -0.2) is 21.4 Å². The number of aromatic nitrogens is 1. The van der Waals surface area contributed by atoms with E-state index >= 15 is 0 Å². The van der Waals surface area contributed by atoms with Crippen molar-refractivity contribution in [2.75, 3.05) is 7.11 Å². The minimum Gasteiger partial charge on any atom is -0.598 e. The second kappa shape index (κ2) is 6.30. The van der Waals surface area contributed by atoms with Gasteiger partial charge in [-0.3, -0.25) is 0 Å². The molecule has 124 valence electrons. The average molecular weight is 332 g/mol. The quantitative estimate of drug-likeness (QED) is 0.847. The molecule has 0 radical (unpaired) electrons. The molecule has 0 spiro atoms. The number of ether oxygens (including phenoxy) is 1. The molecule has 0 unspecified atom stereocenters. The summed E-state index contributed by atoms with van der Waals surface area (Å²) in [7, 11) is 1.64. The summed E-state index contributed by atoms with van der Waals surface area (Å²) < 4.78 is 21.0. The van der Waals surface area contributed by atoms with Gasteiger partial charge < -0.3 is 9.29 Å². The molecule has 1 aromatic carbocycles. The Kier molecular flexibility index (Phi) is 4.54. The summed E-state index contributed by atoms with van der Waals surface area (Å²) in [5.41, 5.74) is 1.11. The van der Waals surface area contributed by atoms with Gasteiger partial charge in [0.2, 0.25) is 5.88 Å². The first-order chi connectivity index (χ1) is 10.9. The van der Waals surface area contributed by atoms with Gasteiger partial charge in [-0.1, -0.05) is 18.2 Å². The molecule has 0 saturated heterocycles. The summed E-state index contributed by atoms with van der Waals surface area (Å²) in [6, 6.07) is 8.19. The van der Waals surface area contributed by atoms with E-state index in [1.54, 1.807) is 7.11 Å². The lowest BCUT2D eigenvalue weighted by Crippen LogP contribution is -2.42. The number of benzene rings is 1. The Hall–Kier alpha value is -1.30. The van der Waals surface area contributed by atoms with Crippen molar-refractivity contribution < 1.29 is 9.29 Å². The largest absolute Gasteiger partial charge is 0.598 e. The van der Waals surface area contributed by atoms with Gasteiger partial charge >= 0.3 is 0 Å². The molecule has 1 N–H and O–H groups in total. The number of hydrogen-bond donors (Lipinski definition) is 1. The lowest BCUT2D eigenvalue weighted by Gasteiger charge is -2.28. The molecule has 1 saturated carbocycles. The molecule has 1 aromatic heterocycles. The molecule has 5 heteroatoms. The van der Waals surface area contributed by atoms with Crippen LogP contribution in [-0.2, 0) is 11.4 Å². The highest BCUT2D eigenvalue weighted by Crippen LogP contribution is 2.44. The summed E-state index contributed by atoms with van der Waals surface area (Å²) in [5.74, 6) is 1.16. The third-order valence-corrected chi connectivity index (χ3v) is 5.78. The second-order valence-corrected chi connectivity index (χ2v) is 9.08. The van der Waals surface area contributed by atoms with Crippen molar-refractivity contribution in [1.82, 2.24) is 9.71 Å². The van der Waals surface area contributed by atoms with E-state index in [1.165, 1.54) is 12.8 Å². The van der Waals surface area contributed by atoms with Crippen LogP contribution in [0.1, 0.15) is 45.2 Å². The van der Waals surface area contributed by atoms with E-state index in [4.69, 9.17) is 4.74 Å². The zero-order valence-electron chi connectivity index (χ0n) is 14.1. The van der Waals surface area contributed by atoms with Crippen molar-refractivity contribution in [1.29, 1.82) is 0 Å². The van der Waals surface area contributed by atoms with Gasteiger partial charge in [-0.2, -0.15) is 0 Å². The van der Waals surface area contributed by atoms with Crippen molar-refractivity contribution in [3.63, 3.8) is 0 Å². The van der Waals surface area contributed by atoms with Crippen molar-refractivity contribution in [3.8, 4) is 5.88 Å². The number of nitrogens with one attached hydrogen (secondary N) is 1. The van der Waals surface area contributed by atoms with E-state index < -0.39 is 11.4 Å². The van der Waals surface area contributed by atoms with Crippen LogP contribution in [0.4, 0.5) is 0 Å². The smallest absolute Gasteiger partial charge is 0.221 e. The third-order valence-electron chi connectivity index (χ3n) is 4.20.